The quantitative estimate of drug-likeness (QED) is 0.488. The van der Waals surface area contributed by atoms with Crippen molar-refractivity contribution >= 4 is 53.9 Å². The summed E-state index contributed by atoms with van der Waals surface area (Å²) < 4.78 is 0. The van der Waals surface area contributed by atoms with Crippen molar-refractivity contribution < 1.29 is 14.4 Å². The van der Waals surface area contributed by atoms with Gasteiger partial charge in [0.1, 0.15) is 0 Å². The summed E-state index contributed by atoms with van der Waals surface area (Å²) in [5.41, 5.74) is 7.00. The summed E-state index contributed by atoms with van der Waals surface area (Å²) in [5.74, 6) is -0.936. The average molecular weight is 434 g/mol. The highest BCUT2D eigenvalue weighted by atomic mass is 35.5. The van der Waals surface area contributed by atoms with Crippen LogP contribution in [0.4, 0.5) is 11.4 Å². The summed E-state index contributed by atoms with van der Waals surface area (Å²) in [6, 6.07) is 7.44. The molecule has 0 spiro atoms. The van der Waals surface area contributed by atoms with Crippen LogP contribution in [0.5, 0.6) is 0 Å². The lowest BCUT2D eigenvalue weighted by molar-refractivity contribution is -0.126. The number of halogens is 2. The number of hydrogen-bond acceptors (Lipinski definition) is 5. The minimum Gasteiger partial charge on any atom is -0.371 e. The van der Waals surface area contributed by atoms with Crippen LogP contribution in [-0.2, 0) is 14.4 Å². The Kier molecular flexibility index (Phi) is 12.2. The molecule has 1 saturated heterocycles. The Hall–Kier alpha value is -2.03. The fraction of sp³-hybridized carbons (Fsp3) is 0.500. The monoisotopic (exact) mass is 433 g/mol. The Bertz CT molecular complexity index is 654. The van der Waals surface area contributed by atoms with E-state index in [1.54, 1.807) is 6.92 Å². The molecular weight excluding hydrogens is 405 g/mol. The standard InChI is InChI=1S/C18H27N5O3.2ClH/c1-13(21-18(26)12-20-17(25)11-19)9-16(24)22-14-5-4-6-15(10-14)23-7-2-3-8-23;;/h4-6,10,13H,2-3,7-9,11-12,19H2,1H3,(H,20,25)(H,21,26)(H,22,24);2*1H. The first-order valence-corrected chi connectivity index (χ1v) is 8.89. The van der Waals surface area contributed by atoms with Crippen molar-refractivity contribution in [1.82, 2.24) is 10.6 Å². The first kappa shape index (κ1) is 26.0. The van der Waals surface area contributed by atoms with Gasteiger partial charge in [0, 0.05) is 36.9 Å². The third kappa shape index (κ3) is 8.77. The highest BCUT2D eigenvalue weighted by molar-refractivity contribution is 5.92. The van der Waals surface area contributed by atoms with Gasteiger partial charge in [-0.3, -0.25) is 14.4 Å². The lowest BCUT2D eigenvalue weighted by Crippen LogP contribution is -2.43. The average Bonchev–Trinajstić information content (AvgIpc) is 3.14. The number of rotatable bonds is 8. The van der Waals surface area contributed by atoms with Crippen LogP contribution >= 0.6 is 24.8 Å². The lowest BCUT2D eigenvalue weighted by Gasteiger charge is -2.19. The van der Waals surface area contributed by atoms with Crippen LogP contribution in [0.2, 0.25) is 0 Å². The van der Waals surface area contributed by atoms with Crippen LogP contribution in [0.25, 0.3) is 0 Å². The fourth-order valence-corrected chi connectivity index (χ4v) is 2.87. The molecule has 158 valence electrons. The molecule has 0 bridgehead atoms. The van der Waals surface area contributed by atoms with E-state index >= 15 is 0 Å². The van der Waals surface area contributed by atoms with E-state index in [0.29, 0.717) is 0 Å². The van der Waals surface area contributed by atoms with Crippen LogP contribution in [0.3, 0.4) is 0 Å². The third-order valence-electron chi connectivity index (χ3n) is 4.13. The molecule has 28 heavy (non-hydrogen) atoms. The second kappa shape index (κ2) is 13.2. The molecule has 1 fully saturated rings. The van der Waals surface area contributed by atoms with E-state index in [1.165, 1.54) is 12.8 Å². The number of carbonyl (C=O) groups is 3. The molecule has 1 atom stereocenters. The van der Waals surface area contributed by atoms with Gasteiger partial charge in [0.2, 0.25) is 17.7 Å². The molecule has 0 radical (unpaired) electrons. The zero-order chi connectivity index (χ0) is 18.9. The molecule has 1 unspecified atom stereocenters. The maximum absolute atomic E-state index is 12.2. The predicted molar refractivity (Wildman–Crippen MR) is 115 cm³/mol. The molecule has 2 rings (SSSR count). The third-order valence-corrected chi connectivity index (χ3v) is 4.13. The zero-order valence-electron chi connectivity index (χ0n) is 15.9. The second-order valence-corrected chi connectivity index (χ2v) is 6.45. The van der Waals surface area contributed by atoms with Gasteiger partial charge < -0.3 is 26.6 Å². The van der Waals surface area contributed by atoms with E-state index in [-0.39, 0.29) is 62.2 Å². The molecule has 1 heterocycles. The smallest absolute Gasteiger partial charge is 0.239 e. The number of anilines is 2. The van der Waals surface area contributed by atoms with Gasteiger partial charge in [-0.25, -0.2) is 0 Å². The van der Waals surface area contributed by atoms with Gasteiger partial charge in [-0.05, 0) is 38.0 Å². The highest BCUT2D eigenvalue weighted by Gasteiger charge is 2.15. The minimum atomic E-state index is -0.400. The Balaban J connectivity index is 0.00000364. The SMILES string of the molecule is CC(CC(=O)Nc1cccc(N2CCCC2)c1)NC(=O)CNC(=O)CN.Cl.Cl. The van der Waals surface area contributed by atoms with Crippen LogP contribution in [0, 0.1) is 0 Å². The topological polar surface area (TPSA) is 117 Å². The highest BCUT2D eigenvalue weighted by Crippen LogP contribution is 2.23. The molecule has 5 N–H and O–H groups in total. The number of nitrogens with one attached hydrogen (secondary N) is 3. The van der Waals surface area contributed by atoms with Crippen molar-refractivity contribution in [2.45, 2.75) is 32.2 Å². The van der Waals surface area contributed by atoms with Gasteiger partial charge in [0.15, 0.2) is 0 Å². The van der Waals surface area contributed by atoms with Crippen molar-refractivity contribution in [1.29, 1.82) is 0 Å². The summed E-state index contributed by atoms with van der Waals surface area (Å²) >= 11 is 0. The molecule has 1 aromatic carbocycles. The van der Waals surface area contributed by atoms with Crippen molar-refractivity contribution in [3.05, 3.63) is 24.3 Å². The summed E-state index contributed by atoms with van der Waals surface area (Å²) in [6.45, 7) is 3.51. The molecule has 0 aromatic heterocycles. The molecule has 0 saturated carbocycles. The second-order valence-electron chi connectivity index (χ2n) is 6.45. The number of benzene rings is 1. The minimum absolute atomic E-state index is 0. The van der Waals surface area contributed by atoms with Crippen molar-refractivity contribution in [3.63, 3.8) is 0 Å². The first-order valence-electron chi connectivity index (χ1n) is 8.89. The van der Waals surface area contributed by atoms with Gasteiger partial charge in [0.05, 0.1) is 13.1 Å². The van der Waals surface area contributed by atoms with Crippen molar-refractivity contribution in [2.75, 3.05) is 36.4 Å². The summed E-state index contributed by atoms with van der Waals surface area (Å²) in [5, 5.41) is 7.92. The van der Waals surface area contributed by atoms with Crippen LogP contribution in [-0.4, -0.2) is 49.9 Å². The Morgan fingerprint density at radius 3 is 2.43 bits per heavy atom. The van der Waals surface area contributed by atoms with Gasteiger partial charge in [0.25, 0.3) is 0 Å². The largest absolute Gasteiger partial charge is 0.371 e. The van der Waals surface area contributed by atoms with Gasteiger partial charge >= 0.3 is 0 Å². The van der Waals surface area contributed by atoms with E-state index in [4.69, 9.17) is 5.73 Å². The Morgan fingerprint density at radius 2 is 1.79 bits per heavy atom. The normalized spacial score (nSPS) is 13.6. The summed E-state index contributed by atoms with van der Waals surface area (Å²) in [6.07, 6.45) is 2.53. The number of nitrogens with zero attached hydrogens (tertiary/aromatic N) is 1. The van der Waals surface area contributed by atoms with Gasteiger partial charge in [-0.1, -0.05) is 6.07 Å². The molecule has 1 aliphatic rings. The fourth-order valence-electron chi connectivity index (χ4n) is 2.87. The molecule has 10 heteroatoms. The lowest BCUT2D eigenvalue weighted by atomic mass is 10.2. The number of hydrogen-bond donors (Lipinski definition) is 4. The van der Waals surface area contributed by atoms with E-state index in [2.05, 4.69) is 20.9 Å². The molecule has 8 nitrogen and oxygen atoms in total. The maximum Gasteiger partial charge on any atom is 0.239 e. The van der Waals surface area contributed by atoms with Crippen LogP contribution in [0.15, 0.2) is 24.3 Å². The molecule has 1 aromatic rings. The van der Waals surface area contributed by atoms with Crippen LogP contribution < -0.4 is 26.6 Å². The van der Waals surface area contributed by atoms with Crippen LogP contribution in [0.1, 0.15) is 26.2 Å². The Labute approximate surface area is 177 Å². The summed E-state index contributed by atoms with van der Waals surface area (Å²) in [7, 11) is 0. The van der Waals surface area contributed by atoms with E-state index in [9.17, 15) is 14.4 Å². The summed E-state index contributed by atoms with van der Waals surface area (Å²) in [4.78, 5) is 37.2. The van der Waals surface area contributed by atoms with Crippen molar-refractivity contribution in [2.24, 2.45) is 5.73 Å². The number of carbonyl (C=O) groups excluding carboxylic acids is 3. The maximum atomic E-state index is 12.2. The molecular formula is C18H29Cl2N5O3. The van der Waals surface area contributed by atoms with E-state index in [1.807, 2.05) is 24.3 Å². The van der Waals surface area contributed by atoms with Crippen molar-refractivity contribution in [3.8, 4) is 0 Å². The zero-order valence-corrected chi connectivity index (χ0v) is 17.5. The number of nitrogens with two attached hydrogens (primary N) is 1. The molecule has 1 aliphatic heterocycles. The Morgan fingerprint density at radius 1 is 1.11 bits per heavy atom. The molecule has 3 amide bonds. The van der Waals surface area contributed by atoms with E-state index in [0.717, 1.165) is 24.5 Å². The molecule has 0 aliphatic carbocycles. The number of amides is 3. The van der Waals surface area contributed by atoms with E-state index < -0.39 is 5.91 Å². The predicted octanol–water partition coefficient (Wildman–Crippen LogP) is 1.04. The first-order chi connectivity index (χ1) is 12.5. The van der Waals surface area contributed by atoms with Gasteiger partial charge in [-0.15, -0.1) is 24.8 Å². The van der Waals surface area contributed by atoms with Gasteiger partial charge in [-0.2, -0.15) is 0 Å².